The number of benzene rings is 3. The minimum atomic E-state index is -4.89. The van der Waals surface area contributed by atoms with Crippen LogP contribution in [0.1, 0.15) is 5.69 Å². The Kier molecular flexibility index (Phi) is 6.08. The first-order valence-electron chi connectivity index (χ1n) is 10.7. The second kappa shape index (κ2) is 9.25. The molecule has 37 heavy (non-hydrogen) atoms. The number of hydrogen-bond donors (Lipinski definition) is 1. The second-order valence-corrected chi connectivity index (χ2v) is 8.32. The molecule has 2 aromatic heterocycles. The summed E-state index contributed by atoms with van der Waals surface area (Å²) in [5, 5.41) is 14.4. The minimum Gasteiger partial charge on any atom is -0.482 e. The van der Waals surface area contributed by atoms with Crippen LogP contribution in [0, 0.1) is 6.92 Å². The van der Waals surface area contributed by atoms with Gasteiger partial charge in [0.2, 0.25) is 0 Å². The smallest absolute Gasteiger partial charge is 0.482 e. The van der Waals surface area contributed by atoms with Crippen molar-refractivity contribution in [2.45, 2.75) is 13.3 Å². The predicted molar refractivity (Wildman–Crippen MR) is 127 cm³/mol. The Balaban J connectivity index is 1.65. The summed E-state index contributed by atoms with van der Waals surface area (Å²) in [6.45, 7) is 1.16. The van der Waals surface area contributed by atoms with E-state index in [1.807, 2.05) is 0 Å². The molecule has 0 saturated heterocycles. The number of alkyl halides is 3. The zero-order chi connectivity index (χ0) is 26.3. The van der Waals surface area contributed by atoms with E-state index in [2.05, 4.69) is 9.89 Å². The lowest BCUT2D eigenvalue weighted by Crippen LogP contribution is -2.17. The van der Waals surface area contributed by atoms with E-state index in [1.165, 1.54) is 24.3 Å². The first-order valence-corrected chi connectivity index (χ1v) is 11.1. The van der Waals surface area contributed by atoms with Gasteiger partial charge in [-0.3, -0.25) is 4.57 Å². The van der Waals surface area contributed by atoms with E-state index in [4.69, 9.17) is 30.7 Å². The first-order chi connectivity index (χ1) is 17.6. The van der Waals surface area contributed by atoms with Crippen molar-refractivity contribution in [2.75, 3.05) is 6.61 Å². The number of ether oxygens (including phenoxy) is 3. The van der Waals surface area contributed by atoms with Gasteiger partial charge in [-0.25, -0.2) is 4.79 Å². The molecule has 0 amide bonds. The Labute approximate surface area is 211 Å². The van der Waals surface area contributed by atoms with E-state index in [0.29, 0.717) is 38.4 Å². The highest BCUT2D eigenvalue weighted by Crippen LogP contribution is 2.42. The maximum atomic E-state index is 12.9. The summed E-state index contributed by atoms with van der Waals surface area (Å²) in [6.07, 6.45) is -4.89. The molecule has 0 aliphatic heterocycles. The number of nitrogens with zero attached hydrogens (tertiary/aromatic N) is 2. The maximum absolute atomic E-state index is 12.9. The summed E-state index contributed by atoms with van der Waals surface area (Å²) < 4.78 is 61.3. The standard InChI is InChI=1S/C25H16ClF3N2O6/c1-13-23(35-16-4-2-3-15(10-16)34-12-22(32)33)19-11-17(36-25(27,28)29)6-8-20(19)31(13)24-18-7-5-14(26)9-21(18)37-30-24/h2-11H,12H2,1H3,(H,32,33). The number of aromatic nitrogens is 2. The van der Waals surface area contributed by atoms with Gasteiger partial charge in [0.05, 0.1) is 16.6 Å². The summed E-state index contributed by atoms with van der Waals surface area (Å²) in [7, 11) is 0. The fourth-order valence-corrected chi connectivity index (χ4v) is 4.08. The molecule has 0 atom stereocenters. The van der Waals surface area contributed by atoms with E-state index in [-0.39, 0.29) is 17.2 Å². The van der Waals surface area contributed by atoms with Crippen LogP contribution in [0.4, 0.5) is 13.2 Å². The third kappa shape index (κ3) is 4.98. The Hall–Kier alpha value is -4.38. The van der Waals surface area contributed by atoms with Gasteiger partial charge in [0, 0.05) is 22.5 Å². The van der Waals surface area contributed by atoms with Crippen molar-refractivity contribution in [3.05, 3.63) is 71.4 Å². The highest BCUT2D eigenvalue weighted by molar-refractivity contribution is 6.31. The molecule has 1 N–H and O–H groups in total. The molecule has 5 aromatic rings. The van der Waals surface area contributed by atoms with Gasteiger partial charge in [0.25, 0.3) is 0 Å². The SMILES string of the molecule is Cc1c(Oc2cccc(OCC(=O)O)c2)c2cc(OC(F)(F)F)ccc2n1-c1noc2cc(Cl)ccc12. The topological polar surface area (TPSA) is 96.0 Å². The molecule has 0 aliphatic carbocycles. The molecule has 0 bridgehead atoms. The van der Waals surface area contributed by atoms with Crippen molar-refractivity contribution in [3.8, 4) is 28.8 Å². The summed E-state index contributed by atoms with van der Waals surface area (Å²) in [5.41, 5.74) is 1.40. The van der Waals surface area contributed by atoms with Crippen molar-refractivity contribution in [2.24, 2.45) is 0 Å². The third-order valence-corrected chi connectivity index (χ3v) is 5.60. The maximum Gasteiger partial charge on any atom is 0.573 e. The number of hydrogen-bond acceptors (Lipinski definition) is 6. The molecule has 0 unspecified atom stereocenters. The lowest BCUT2D eigenvalue weighted by Gasteiger charge is -2.10. The van der Waals surface area contributed by atoms with E-state index >= 15 is 0 Å². The lowest BCUT2D eigenvalue weighted by molar-refractivity contribution is -0.274. The lowest BCUT2D eigenvalue weighted by atomic mass is 10.2. The van der Waals surface area contributed by atoms with E-state index in [1.54, 1.807) is 47.9 Å². The molecule has 0 radical (unpaired) electrons. The molecule has 0 fully saturated rings. The Morgan fingerprint density at radius 1 is 1.05 bits per heavy atom. The van der Waals surface area contributed by atoms with Gasteiger partial charge < -0.3 is 23.8 Å². The van der Waals surface area contributed by atoms with E-state index in [0.717, 1.165) is 0 Å². The number of aliphatic carboxylic acids is 1. The summed E-state index contributed by atoms with van der Waals surface area (Å²) in [4.78, 5) is 10.8. The summed E-state index contributed by atoms with van der Waals surface area (Å²) in [5.74, 6) is -0.471. The molecule has 2 heterocycles. The van der Waals surface area contributed by atoms with Gasteiger partial charge in [-0.05, 0) is 49.4 Å². The van der Waals surface area contributed by atoms with Crippen LogP contribution >= 0.6 is 11.6 Å². The van der Waals surface area contributed by atoms with Gasteiger partial charge in [0.1, 0.15) is 17.2 Å². The normalized spacial score (nSPS) is 11.7. The van der Waals surface area contributed by atoms with Crippen LogP contribution in [0.15, 0.2) is 65.2 Å². The second-order valence-electron chi connectivity index (χ2n) is 7.88. The molecule has 0 spiro atoms. The molecule has 3 aromatic carbocycles. The summed E-state index contributed by atoms with van der Waals surface area (Å²) in [6, 6.07) is 15.1. The third-order valence-electron chi connectivity index (χ3n) is 5.37. The number of carboxylic acids is 1. The number of carbonyl (C=O) groups is 1. The fourth-order valence-electron chi connectivity index (χ4n) is 3.92. The van der Waals surface area contributed by atoms with Crippen LogP contribution in [0.2, 0.25) is 5.02 Å². The highest BCUT2D eigenvalue weighted by Gasteiger charge is 2.32. The average Bonchev–Trinajstić information content (AvgIpc) is 3.34. The Morgan fingerprint density at radius 3 is 2.59 bits per heavy atom. The molecule has 12 heteroatoms. The van der Waals surface area contributed by atoms with Crippen LogP contribution < -0.4 is 14.2 Å². The molecular weight excluding hydrogens is 517 g/mol. The van der Waals surface area contributed by atoms with E-state index in [9.17, 15) is 18.0 Å². The average molecular weight is 533 g/mol. The van der Waals surface area contributed by atoms with Crippen molar-refractivity contribution >= 4 is 39.4 Å². The van der Waals surface area contributed by atoms with Gasteiger partial charge in [-0.2, -0.15) is 0 Å². The molecule has 0 aliphatic rings. The molecule has 5 rings (SSSR count). The van der Waals surface area contributed by atoms with E-state index < -0.39 is 24.7 Å². The largest absolute Gasteiger partial charge is 0.573 e. The predicted octanol–water partition coefficient (Wildman–Crippen LogP) is 6.89. The molecule has 0 saturated carbocycles. The molecule has 190 valence electrons. The van der Waals surface area contributed by atoms with Gasteiger partial charge in [-0.15, -0.1) is 13.2 Å². The number of halogens is 4. The van der Waals surface area contributed by atoms with Gasteiger partial charge in [-0.1, -0.05) is 22.8 Å². The zero-order valence-corrected chi connectivity index (χ0v) is 19.6. The van der Waals surface area contributed by atoms with Gasteiger partial charge in [0.15, 0.2) is 23.8 Å². The fraction of sp³-hybridized carbons (Fsp3) is 0.120. The minimum absolute atomic E-state index is 0.225. The zero-order valence-electron chi connectivity index (χ0n) is 18.9. The number of fused-ring (bicyclic) bond motifs is 2. The molecular formula is C25H16ClF3N2O6. The summed E-state index contributed by atoms with van der Waals surface area (Å²) >= 11 is 6.05. The molecule has 8 nitrogen and oxygen atoms in total. The highest BCUT2D eigenvalue weighted by atomic mass is 35.5. The number of carboxylic acid groups (broad SMARTS) is 1. The van der Waals surface area contributed by atoms with Crippen LogP contribution in [0.25, 0.3) is 27.7 Å². The number of rotatable bonds is 7. The monoisotopic (exact) mass is 532 g/mol. The van der Waals surface area contributed by atoms with Crippen molar-refractivity contribution < 1.29 is 41.8 Å². The van der Waals surface area contributed by atoms with Gasteiger partial charge >= 0.3 is 12.3 Å². The Morgan fingerprint density at radius 2 is 1.84 bits per heavy atom. The van der Waals surface area contributed by atoms with Crippen molar-refractivity contribution in [3.63, 3.8) is 0 Å². The van der Waals surface area contributed by atoms with Crippen molar-refractivity contribution in [1.29, 1.82) is 0 Å². The quantitative estimate of drug-likeness (QED) is 0.244. The van der Waals surface area contributed by atoms with Crippen LogP contribution in [-0.4, -0.2) is 33.8 Å². The Bertz CT molecular complexity index is 1640. The van der Waals surface area contributed by atoms with Crippen molar-refractivity contribution in [1.82, 2.24) is 9.72 Å². The first kappa shape index (κ1) is 24.3. The van der Waals surface area contributed by atoms with Crippen LogP contribution in [0.5, 0.6) is 23.0 Å². The van der Waals surface area contributed by atoms with Crippen LogP contribution in [-0.2, 0) is 4.79 Å². The van der Waals surface area contributed by atoms with Crippen LogP contribution in [0.3, 0.4) is 0 Å².